The van der Waals surface area contributed by atoms with E-state index in [0.717, 1.165) is 38.5 Å². The van der Waals surface area contributed by atoms with E-state index in [0.29, 0.717) is 6.61 Å². The van der Waals surface area contributed by atoms with Crippen LogP contribution in [0.15, 0.2) is 24.3 Å². The summed E-state index contributed by atoms with van der Waals surface area (Å²) in [6.07, 6.45) is 0. The summed E-state index contributed by atoms with van der Waals surface area (Å²) >= 11 is 0. The van der Waals surface area contributed by atoms with Crippen LogP contribution in [0.3, 0.4) is 0 Å². The minimum Gasteiger partial charge on any atom is -0.492 e. The van der Waals surface area contributed by atoms with Gasteiger partial charge in [0, 0.05) is 39.6 Å². The van der Waals surface area contributed by atoms with Crippen LogP contribution in [0, 0.1) is 6.92 Å². The molecule has 0 spiro atoms. The van der Waals surface area contributed by atoms with Crippen LogP contribution in [-0.4, -0.2) is 55.0 Å². The molecule has 0 radical (unpaired) electrons. The summed E-state index contributed by atoms with van der Waals surface area (Å²) in [5.41, 5.74) is 1.24. The maximum Gasteiger partial charge on any atom is 0.219 e. The first kappa shape index (κ1) is 13.9. The molecular weight excluding hydrogens is 240 g/mol. The van der Waals surface area contributed by atoms with Crippen LogP contribution in [0.4, 0.5) is 0 Å². The van der Waals surface area contributed by atoms with Crippen LogP contribution in [-0.2, 0) is 4.79 Å². The summed E-state index contributed by atoms with van der Waals surface area (Å²) < 4.78 is 5.72. The van der Waals surface area contributed by atoms with E-state index in [9.17, 15) is 4.79 Å². The van der Waals surface area contributed by atoms with Crippen molar-refractivity contribution in [2.75, 3.05) is 39.3 Å². The largest absolute Gasteiger partial charge is 0.492 e. The first-order valence-electron chi connectivity index (χ1n) is 6.82. The Hall–Kier alpha value is -1.55. The summed E-state index contributed by atoms with van der Waals surface area (Å²) in [6.45, 7) is 8.87. The van der Waals surface area contributed by atoms with Gasteiger partial charge in [-0.05, 0) is 19.1 Å². The number of hydrogen-bond donors (Lipinski definition) is 0. The molecule has 1 aliphatic heterocycles. The molecule has 4 nitrogen and oxygen atoms in total. The van der Waals surface area contributed by atoms with Crippen LogP contribution in [0.25, 0.3) is 0 Å². The first-order valence-corrected chi connectivity index (χ1v) is 6.82. The lowest BCUT2D eigenvalue weighted by molar-refractivity contribution is -0.130. The van der Waals surface area contributed by atoms with Gasteiger partial charge in [-0.15, -0.1) is 0 Å². The number of amides is 1. The van der Waals surface area contributed by atoms with E-state index >= 15 is 0 Å². The lowest BCUT2D eigenvalue weighted by Crippen LogP contribution is -2.48. The third-order valence-corrected chi connectivity index (χ3v) is 3.51. The highest BCUT2D eigenvalue weighted by Gasteiger charge is 2.17. The Morgan fingerprint density at radius 3 is 2.37 bits per heavy atom. The summed E-state index contributed by atoms with van der Waals surface area (Å²) in [5.74, 6) is 1.10. The van der Waals surface area contributed by atoms with Gasteiger partial charge in [0.2, 0.25) is 5.91 Å². The third kappa shape index (κ3) is 4.24. The van der Waals surface area contributed by atoms with E-state index in [4.69, 9.17) is 4.74 Å². The van der Waals surface area contributed by atoms with Crippen LogP contribution >= 0.6 is 0 Å². The predicted octanol–water partition coefficient (Wildman–Crippen LogP) is 1.54. The zero-order valence-electron chi connectivity index (χ0n) is 11.8. The Bertz CT molecular complexity index is 409. The highest BCUT2D eigenvalue weighted by molar-refractivity contribution is 5.73. The van der Waals surface area contributed by atoms with Crippen molar-refractivity contribution < 1.29 is 9.53 Å². The van der Waals surface area contributed by atoms with Gasteiger partial charge in [0.05, 0.1) is 0 Å². The molecule has 0 aromatic heterocycles. The topological polar surface area (TPSA) is 32.8 Å². The number of piperazine rings is 1. The second-order valence-electron chi connectivity index (χ2n) is 5.01. The van der Waals surface area contributed by atoms with Crippen molar-refractivity contribution in [3.05, 3.63) is 29.8 Å². The Labute approximate surface area is 115 Å². The van der Waals surface area contributed by atoms with Gasteiger partial charge in [0.1, 0.15) is 12.4 Å². The quantitative estimate of drug-likeness (QED) is 0.825. The first-order chi connectivity index (χ1) is 9.15. The molecule has 0 saturated carbocycles. The molecule has 104 valence electrons. The van der Waals surface area contributed by atoms with E-state index in [1.54, 1.807) is 6.92 Å². The number of rotatable bonds is 4. The molecule has 0 atom stereocenters. The van der Waals surface area contributed by atoms with E-state index in [-0.39, 0.29) is 5.91 Å². The molecule has 1 aromatic carbocycles. The molecular formula is C15H22N2O2. The minimum absolute atomic E-state index is 0.176. The molecule has 0 aliphatic carbocycles. The Balaban J connectivity index is 1.67. The second kappa shape index (κ2) is 6.57. The fourth-order valence-electron chi connectivity index (χ4n) is 2.21. The van der Waals surface area contributed by atoms with E-state index in [1.165, 1.54) is 5.56 Å². The van der Waals surface area contributed by atoms with Gasteiger partial charge in [-0.25, -0.2) is 0 Å². The lowest BCUT2D eigenvalue weighted by atomic mass is 10.2. The number of hydrogen-bond acceptors (Lipinski definition) is 3. The Kier molecular flexibility index (Phi) is 4.80. The number of nitrogens with zero attached hydrogens (tertiary/aromatic N) is 2. The minimum atomic E-state index is 0.176. The molecule has 2 rings (SSSR count). The van der Waals surface area contributed by atoms with E-state index < -0.39 is 0 Å². The third-order valence-electron chi connectivity index (χ3n) is 3.51. The molecule has 0 unspecified atom stereocenters. The molecule has 0 bridgehead atoms. The predicted molar refractivity (Wildman–Crippen MR) is 75.4 cm³/mol. The maximum atomic E-state index is 11.2. The van der Waals surface area contributed by atoms with Gasteiger partial charge in [-0.1, -0.05) is 17.7 Å². The van der Waals surface area contributed by atoms with Crippen molar-refractivity contribution in [1.29, 1.82) is 0 Å². The summed E-state index contributed by atoms with van der Waals surface area (Å²) in [6, 6.07) is 8.12. The van der Waals surface area contributed by atoms with Crippen molar-refractivity contribution in [3.8, 4) is 5.75 Å². The van der Waals surface area contributed by atoms with Crippen molar-refractivity contribution in [2.24, 2.45) is 0 Å². The number of aryl methyl sites for hydroxylation is 1. The van der Waals surface area contributed by atoms with Crippen molar-refractivity contribution in [1.82, 2.24) is 9.80 Å². The van der Waals surface area contributed by atoms with Crippen LogP contribution in [0.1, 0.15) is 12.5 Å². The number of carbonyl (C=O) groups is 1. The molecule has 1 saturated heterocycles. The summed E-state index contributed by atoms with van der Waals surface area (Å²) in [5, 5.41) is 0. The average Bonchev–Trinajstić information content (AvgIpc) is 2.41. The monoisotopic (exact) mass is 262 g/mol. The average molecular weight is 262 g/mol. The van der Waals surface area contributed by atoms with Crippen molar-refractivity contribution >= 4 is 5.91 Å². The number of benzene rings is 1. The SMILES string of the molecule is CC(=O)N1CCN(CCOc2ccc(C)cc2)CC1. The van der Waals surface area contributed by atoms with Crippen LogP contribution in [0.5, 0.6) is 5.75 Å². The number of carbonyl (C=O) groups excluding carboxylic acids is 1. The van der Waals surface area contributed by atoms with Gasteiger partial charge >= 0.3 is 0 Å². The van der Waals surface area contributed by atoms with Crippen LogP contribution in [0.2, 0.25) is 0 Å². The Morgan fingerprint density at radius 2 is 1.79 bits per heavy atom. The molecule has 1 amide bonds. The van der Waals surface area contributed by atoms with Gasteiger partial charge in [-0.3, -0.25) is 9.69 Å². The highest BCUT2D eigenvalue weighted by atomic mass is 16.5. The normalized spacial score (nSPS) is 16.4. The van der Waals surface area contributed by atoms with E-state index in [1.807, 2.05) is 17.0 Å². The van der Waals surface area contributed by atoms with Gasteiger partial charge in [0.15, 0.2) is 0 Å². The van der Waals surface area contributed by atoms with Crippen molar-refractivity contribution in [2.45, 2.75) is 13.8 Å². The van der Waals surface area contributed by atoms with Crippen molar-refractivity contribution in [3.63, 3.8) is 0 Å². The Morgan fingerprint density at radius 1 is 1.16 bits per heavy atom. The number of ether oxygens (including phenoxy) is 1. The standard InChI is InChI=1S/C15H22N2O2/c1-13-3-5-15(6-4-13)19-12-11-16-7-9-17(10-8-16)14(2)18/h3-6H,7-12H2,1-2H3. The zero-order valence-corrected chi connectivity index (χ0v) is 11.8. The molecule has 1 fully saturated rings. The molecule has 19 heavy (non-hydrogen) atoms. The zero-order chi connectivity index (χ0) is 13.7. The molecule has 1 heterocycles. The van der Waals surface area contributed by atoms with E-state index in [2.05, 4.69) is 24.0 Å². The highest BCUT2D eigenvalue weighted by Crippen LogP contribution is 2.11. The smallest absolute Gasteiger partial charge is 0.219 e. The molecule has 4 heteroatoms. The molecule has 1 aromatic rings. The van der Waals surface area contributed by atoms with Gasteiger partial charge in [-0.2, -0.15) is 0 Å². The fraction of sp³-hybridized carbons (Fsp3) is 0.533. The van der Waals surface area contributed by atoms with Gasteiger partial charge < -0.3 is 9.64 Å². The summed E-state index contributed by atoms with van der Waals surface area (Å²) in [4.78, 5) is 15.5. The maximum absolute atomic E-state index is 11.2. The second-order valence-corrected chi connectivity index (χ2v) is 5.01. The molecule has 0 N–H and O–H groups in total. The molecule has 1 aliphatic rings. The summed E-state index contributed by atoms with van der Waals surface area (Å²) in [7, 11) is 0. The lowest BCUT2D eigenvalue weighted by Gasteiger charge is -2.34. The van der Waals surface area contributed by atoms with Gasteiger partial charge in [0.25, 0.3) is 0 Å². The fourth-order valence-corrected chi connectivity index (χ4v) is 2.21. The van der Waals surface area contributed by atoms with Crippen LogP contribution < -0.4 is 4.74 Å².